The molecule has 2 atom stereocenters. The number of benzene rings is 1. The van der Waals surface area contributed by atoms with Crippen molar-refractivity contribution in [3.05, 3.63) is 57.8 Å². The van der Waals surface area contributed by atoms with Crippen LogP contribution >= 0.6 is 11.3 Å². The summed E-state index contributed by atoms with van der Waals surface area (Å²) in [6.45, 7) is 6.48. The highest BCUT2D eigenvalue weighted by Gasteiger charge is 2.31. The van der Waals surface area contributed by atoms with Crippen LogP contribution in [0.1, 0.15) is 55.3 Å². The molecule has 138 valence electrons. The second kappa shape index (κ2) is 8.04. The van der Waals surface area contributed by atoms with E-state index in [0.717, 1.165) is 12.0 Å². The van der Waals surface area contributed by atoms with Gasteiger partial charge in [0.2, 0.25) is 11.8 Å². The van der Waals surface area contributed by atoms with Crippen molar-refractivity contribution in [1.82, 2.24) is 10.2 Å². The maximum Gasteiger partial charge on any atom is 0.222 e. The molecule has 0 spiro atoms. The molecule has 1 N–H and O–H groups in total. The fraction of sp³-hybridized carbons (Fsp3) is 0.429. The third-order valence-corrected chi connectivity index (χ3v) is 5.98. The largest absolute Gasteiger partial charge is 0.348 e. The molecule has 4 nitrogen and oxygen atoms in total. The van der Waals surface area contributed by atoms with Gasteiger partial charge in [-0.15, -0.1) is 11.3 Å². The second-order valence-electron chi connectivity index (χ2n) is 7.19. The summed E-state index contributed by atoms with van der Waals surface area (Å²) < 4.78 is 0. The van der Waals surface area contributed by atoms with Gasteiger partial charge in [-0.05, 0) is 34.9 Å². The summed E-state index contributed by atoms with van der Waals surface area (Å²) in [5.74, 6) is 0.321. The Balaban J connectivity index is 1.79. The van der Waals surface area contributed by atoms with Gasteiger partial charge >= 0.3 is 0 Å². The Bertz CT molecular complexity index is 770. The molecule has 1 aromatic heterocycles. The summed E-state index contributed by atoms with van der Waals surface area (Å²) in [4.78, 5) is 28.0. The molecule has 1 aromatic carbocycles. The van der Waals surface area contributed by atoms with Crippen molar-refractivity contribution >= 4 is 23.2 Å². The Morgan fingerprint density at radius 1 is 1.23 bits per heavy atom. The summed E-state index contributed by atoms with van der Waals surface area (Å²) in [6.07, 6.45) is 1.14. The molecule has 2 amide bonds. The zero-order chi connectivity index (χ0) is 18.7. The third-order valence-electron chi connectivity index (χ3n) is 5.03. The quantitative estimate of drug-likeness (QED) is 0.861. The predicted molar refractivity (Wildman–Crippen MR) is 105 cm³/mol. The minimum Gasteiger partial charge on any atom is -0.348 e. The van der Waals surface area contributed by atoms with Gasteiger partial charge in [-0.3, -0.25) is 9.59 Å². The molecular weight excluding hydrogens is 344 g/mol. The summed E-state index contributed by atoms with van der Waals surface area (Å²) in [5.41, 5.74) is 2.34. The average molecular weight is 371 g/mol. The number of rotatable bonds is 5. The highest BCUT2D eigenvalue weighted by atomic mass is 32.1. The molecule has 5 heteroatoms. The van der Waals surface area contributed by atoms with Crippen LogP contribution in [0.3, 0.4) is 0 Å². The van der Waals surface area contributed by atoms with Crippen LogP contribution in [0.4, 0.5) is 0 Å². The smallest absolute Gasteiger partial charge is 0.222 e. The molecule has 3 rings (SSSR count). The van der Waals surface area contributed by atoms with E-state index < -0.39 is 0 Å². The van der Waals surface area contributed by atoms with Gasteiger partial charge in [0.15, 0.2) is 0 Å². The van der Waals surface area contributed by atoms with Crippen molar-refractivity contribution in [2.24, 2.45) is 5.92 Å². The molecule has 1 aliphatic rings. The molecule has 0 bridgehead atoms. The van der Waals surface area contributed by atoms with E-state index in [9.17, 15) is 9.59 Å². The number of nitrogens with one attached hydrogen (secondary N) is 1. The van der Waals surface area contributed by atoms with E-state index in [2.05, 4.69) is 31.3 Å². The highest BCUT2D eigenvalue weighted by molar-refractivity contribution is 7.10. The Hall–Kier alpha value is -2.14. The third kappa shape index (κ3) is 3.98. The Morgan fingerprint density at radius 3 is 2.65 bits per heavy atom. The topological polar surface area (TPSA) is 49.4 Å². The SMILES string of the molecule is CC(=O)N1CCc2ccccc2C1CC(=O)NC(c1cccs1)C(C)C. The lowest BCUT2D eigenvalue weighted by molar-refractivity contribution is -0.133. The van der Waals surface area contributed by atoms with Crippen LogP contribution in [-0.2, 0) is 16.0 Å². The highest BCUT2D eigenvalue weighted by Crippen LogP contribution is 2.33. The van der Waals surface area contributed by atoms with E-state index in [1.54, 1.807) is 18.3 Å². The standard InChI is InChI=1S/C21H26N2O2S/c1-14(2)21(19-9-6-12-26-19)22-20(25)13-18-17-8-5-4-7-16(17)10-11-23(18)15(3)24/h4-9,12,14,18,21H,10-11,13H2,1-3H3,(H,22,25). The Labute approximate surface area is 159 Å². The van der Waals surface area contributed by atoms with Crippen LogP contribution in [0.25, 0.3) is 0 Å². The molecule has 0 aliphatic carbocycles. The summed E-state index contributed by atoms with van der Waals surface area (Å²) in [7, 11) is 0. The first-order valence-electron chi connectivity index (χ1n) is 9.15. The molecule has 0 radical (unpaired) electrons. The van der Waals surface area contributed by atoms with Crippen molar-refractivity contribution < 1.29 is 9.59 Å². The predicted octanol–water partition coefficient (Wildman–Crippen LogP) is 4.10. The maximum atomic E-state index is 12.9. The summed E-state index contributed by atoms with van der Waals surface area (Å²) in [6, 6.07) is 12.0. The van der Waals surface area contributed by atoms with Crippen LogP contribution in [0, 0.1) is 5.92 Å². The van der Waals surface area contributed by atoms with Crippen LogP contribution in [0.5, 0.6) is 0 Å². The zero-order valence-corrected chi connectivity index (χ0v) is 16.4. The van der Waals surface area contributed by atoms with Crippen LogP contribution < -0.4 is 5.32 Å². The fourth-order valence-corrected chi connectivity index (χ4v) is 4.64. The van der Waals surface area contributed by atoms with Gasteiger partial charge in [0.1, 0.15) is 0 Å². The number of thiophene rings is 1. The first-order valence-corrected chi connectivity index (χ1v) is 10.0. The lowest BCUT2D eigenvalue weighted by Gasteiger charge is -2.37. The lowest BCUT2D eigenvalue weighted by atomic mass is 9.90. The van der Waals surface area contributed by atoms with Crippen molar-refractivity contribution in [2.75, 3.05) is 6.54 Å². The van der Waals surface area contributed by atoms with Crippen LogP contribution in [0.2, 0.25) is 0 Å². The molecule has 1 aliphatic heterocycles. The normalized spacial score (nSPS) is 17.7. The molecule has 2 aromatic rings. The number of hydrogen-bond donors (Lipinski definition) is 1. The monoisotopic (exact) mass is 370 g/mol. The number of carbonyl (C=O) groups is 2. The van der Waals surface area contributed by atoms with E-state index in [0.29, 0.717) is 18.9 Å². The average Bonchev–Trinajstić information content (AvgIpc) is 3.13. The molecule has 0 fully saturated rings. The summed E-state index contributed by atoms with van der Waals surface area (Å²) >= 11 is 1.66. The van der Waals surface area contributed by atoms with Gasteiger partial charge in [0.05, 0.1) is 18.5 Å². The van der Waals surface area contributed by atoms with Gasteiger partial charge < -0.3 is 10.2 Å². The van der Waals surface area contributed by atoms with E-state index in [4.69, 9.17) is 0 Å². The first kappa shape index (κ1) is 18.6. The molecule has 2 unspecified atom stereocenters. The van der Waals surface area contributed by atoms with Gasteiger partial charge in [-0.1, -0.05) is 44.2 Å². The van der Waals surface area contributed by atoms with E-state index in [1.165, 1.54) is 10.4 Å². The number of hydrogen-bond acceptors (Lipinski definition) is 3. The summed E-state index contributed by atoms with van der Waals surface area (Å²) in [5, 5.41) is 5.22. The number of carbonyl (C=O) groups excluding carboxylic acids is 2. The molecular formula is C21H26N2O2S. The number of fused-ring (bicyclic) bond motifs is 1. The minimum atomic E-state index is -0.186. The van der Waals surface area contributed by atoms with Gasteiger partial charge in [0, 0.05) is 18.3 Å². The van der Waals surface area contributed by atoms with E-state index >= 15 is 0 Å². The van der Waals surface area contributed by atoms with Crippen LogP contribution in [-0.4, -0.2) is 23.3 Å². The van der Waals surface area contributed by atoms with Crippen LogP contribution in [0.15, 0.2) is 41.8 Å². The lowest BCUT2D eigenvalue weighted by Crippen LogP contribution is -2.42. The molecule has 2 heterocycles. The maximum absolute atomic E-state index is 12.9. The van der Waals surface area contributed by atoms with Crippen molar-refractivity contribution in [2.45, 2.75) is 45.7 Å². The first-order chi connectivity index (χ1) is 12.5. The van der Waals surface area contributed by atoms with Crippen molar-refractivity contribution in [3.63, 3.8) is 0 Å². The van der Waals surface area contributed by atoms with Gasteiger partial charge in [-0.2, -0.15) is 0 Å². The van der Waals surface area contributed by atoms with Gasteiger partial charge in [-0.25, -0.2) is 0 Å². The van der Waals surface area contributed by atoms with Gasteiger partial charge in [0.25, 0.3) is 0 Å². The number of amides is 2. The minimum absolute atomic E-state index is 0.00659. The number of nitrogens with zero attached hydrogens (tertiary/aromatic N) is 1. The van der Waals surface area contributed by atoms with Crippen molar-refractivity contribution in [1.29, 1.82) is 0 Å². The Kier molecular flexibility index (Phi) is 5.77. The molecule has 26 heavy (non-hydrogen) atoms. The molecule has 0 saturated heterocycles. The zero-order valence-electron chi connectivity index (χ0n) is 15.6. The molecule has 0 saturated carbocycles. The second-order valence-corrected chi connectivity index (χ2v) is 8.17. The van der Waals surface area contributed by atoms with Crippen molar-refractivity contribution in [3.8, 4) is 0 Å². The fourth-order valence-electron chi connectivity index (χ4n) is 3.69. The van der Waals surface area contributed by atoms with E-state index in [-0.39, 0.29) is 23.9 Å². The Morgan fingerprint density at radius 2 is 2.00 bits per heavy atom. The van der Waals surface area contributed by atoms with E-state index in [1.807, 2.05) is 34.5 Å².